The predicted octanol–water partition coefficient (Wildman–Crippen LogP) is 3.88. The minimum atomic E-state index is 0.332. The van der Waals surface area contributed by atoms with Gasteiger partial charge in [-0.05, 0) is 23.7 Å². The molecule has 2 aliphatic rings. The lowest BCUT2D eigenvalue weighted by Crippen LogP contribution is -2.52. The van der Waals surface area contributed by atoms with Crippen LogP contribution in [0.1, 0.15) is 54.4 Å². The van der Waals surface area contributed by atoms with Crippen LogP contribution in [-0.4, -0.2) is 13.2 Å². The van der Waals surface area contributed by atoms with Gasteiger partial charge in [-0.25, -0.2) is 0 Å². The van der Waals surface area contributed by atoms with Crippen LogP contribution in [0.5, 0.6) is 0 Å². The third kappa shape index (κ3) is 1.25. The Bertz CT molecular complexity index is 246. The van der Waals surface area contributed by atoms with Crippen LogP contribution in [-0.2, 0) is 4.74 Å². The summed E-state index contributed by atoms with van der Waals surface area (Å²) in [6, 6.07) is 0. The quantitative estimate of drug-likeness (QED) is 0.589. The van der Waals surface area contributed by atoms with Crippen LogP contribution < -0.4 is 0 Å². The highest BCUT2D eigenvalue weighted by molar-refractivity contribution is 5.18. The zero-order valence-corrected chi connectivity index (χ0v) is 11.2. The van der Waals surface area contributed by atoms with Gasteiger partial charge in [-0.1, -0.05) is 41.5 Å². The normalized spacial score (nSPS) is 28.4. The second kappa shape index (κ2) is 2.80. The summed E-state index contributed by atoms with van der Waals surface area (Å²) in [5.41, 5.74) is 1.52. The highest BCUT2D eigenvalue weighted by Gasteiger charge is 2.70. The van der Waals surface area contributed by atoms with E-state index in [1.165, 1.54) is 12.8 Å². The lowest BCUT2D eigenvalue weighted by molar-refractivity contribution is -0.0753. The molecule has 1 heteroatoms. The van der Waals surface area contributed by atoms with Gasteiger partial charge in [-0.15, -0.1) is 0 Å². The summed E-state index contributed by atoms with van der Waals surface area (Å²) in [5.74, 6) is 0. The molecular formula is C14H26O. The molecule has 2 rings (SSSR count). The van der Waals surface area contributed by atoms with Gasteiger partial charge in [0.2, 0.25) is 0 Å². The molecule has 0 atom stereocenters. The average Bonchev–Trinajstić information content (AvgIpc) is 2.57. The van der Waals surface area contributed by atoms with Crippen molar-refractivity contribution in [1.29, 1.82) is 0 Å². The first-order chi connectivity index (χ1) is 6.66. The topological polar surface area (TPSA) is 9.23 Å². The summed E-state index contributed by atoms with van der Waals surface area (Å²) in [6.45, 7) is 16.3. The first kappa shape index (κ1) is 11.4. The van der Waals surface area contributed by atoms with Crippen LogP contribution in [0.25, 0.3) is 0 Å². The molecule has 0 aromatic heterocycles. The van der Waals surface area contributed by atoms with E-state index < -0.39 is 0 Å². The van der Waals surface area contributed by atoms with E-state index >= 15 is 0 Å². The highest BCUT2D eigenvalue weighted by Crippen LogP contribution is 2.73. The maximum Gasteiger partial charge on any atom is 0.0538 e. The number of rotatable bonds is 0. The highest BCUT2D eigenvalue weighted by atomic mass is 16.5. The van der Waals surface area contributed by atoms with Crippen molar-refractivity contribution in [1.82, 2.24) is 0 Å². The molecule has 0 N–H and O–H groups in total. The third-order valence-electron chi connectivity index (χ3n) is 5.02. The van der Waals surface area contributed by atoms with E-state index in [9.17, 15) is 0 Å². The van der Waals surface area contributed by atoms with Gasteiger partial charge in [-0.3, -0.25) is 0 Å². The van der Waals surface area contributed by atoms with Crippen molar-refractivity contribution in [2.24, 2.45) is 21.7 Å². The van der Waals surface area contributed by atoms with Crippen molar-refractivity contribution in [2.75, 3.05) is 13.2 Å². The van der Waals surface area contributed by atoms with E-state index in [0.717, 1.165) is 13.2 Å². The lowest BCUT2D eigenvalue weighted by atomic mass is 9.48. The Morgan fingerprint density at radius 1 is 0.800 bits per heavy atom. The summed E-state index contributed by atoms with van der Waals surface area (Å²) < 4.78 is 5.89. The van der Waals surface area contributed by atoms with Gasteiger partial charge in [0, 0.05) is 10.8 Å². The van der Waals surface area contributed by atoms with Crippen molar-refractivity contribution in [3.8, 4) is 0 Å². The molecule has 2 fully saturated rings. The third-order valence-corrected chi connectivity index (χ3v) is 5.02. The second-order valence-electron chi connectivity index (χ2n) is 7.68. The summed E-state index contributed by atoms with van der Waals surface area (Å²) in [4.78, 5) is 0. The molecule has 1 spiro atoms. The Labute approximate surface area is 94.6 Å². The lowest BCUT2D eigenvalue weighted by Gasteiger charge is -2.54. The van der Waals surface area contributed by atoms with Crippen LogP contribution in [0.2, 0.25) is 0 Å². The van der Waals surface area contributed by atoms with Crippen LogP contribution >= 0.6 is 0 Å². The molecule has 0 unspecified atom stereocenters. The van der Waals surface area contributed by atoms with E-state index in [0.29, 0.717) is 21.7 Å². The molecule has 0 aromatic carbocycles. The molecule has 1 saturated heterocycles. The minimum absolute atomic E-state index is 0.332. The zero-order chi connectivity index (χ0) is 11.5. The van der Waals surface area contributed by atoms with Crippen molar-refractivity contribution < 1.29 is 4.74 Å². The zero-order valence-electron chi connectivity index (χ0n) is 11.2. The Hall–Kier alpha value is -0.0400. The first-order valence-electron chi connectivity index (χ1n) is 6.24. The van der Waals surface area contributed by atoms with E-state index in [1.807, 2.05) is 0 Å². The molecule has 1 aliphatic heterocycles. The van der Waals surface area contributed by atoms with Gasteiger partial charge in [0.05, 0.1) is 13.2 Å². The molecule has 1 heterocycles. The molecule has 0 amide bonds. The maximum atomic E-state index is 5.89. The molecule has 1 saturated carbocycles. The SMILES string of the molecule is CC(C)(C)C1(C(C)(C)C)COCC12CC2. The monoisotopic (exact) mass is 210 g/mol. The minimum Gasteiger partial charge on any atom is -0.380 e. The summed E-state index contributed by atoms with van der Waals surface area (Å²) in [7, 11) is 0. The predicted molar refractivity (Wildman–Crippen MR) is 63.8 cm³/mol. The van der Waals surface area contributed by atoms with Gasteiger partial charge in [0.25, 0.3) is 0 Å². The molecule has 1 aliphatic carbocycles. The van der Waals surface area contributed by atoms with Gasteiger partial charge in [0.15, 0.2) is 0 Å². The fourth-order valence-electron chi connectivity index (χ4n) is 4.55. The second-order valence-corrected chi connectivity index (χ2v) is 7.68. The van der Waals surface area contributed by atoms with E-state index in [1.54, 1.807) is 0 Å². The molecular weight excluding hydrogens is 184 g/mol. The van der Waals surface area contributed by atoms with Crippen LogP contribution in [0, 0.1) is 21.7 Å². The van der Waals surface area contributed by atoms with Gasteiger partial charge < -0.3 is 4.74 Å². The summed E-state index contributed by atoms with van der Waals surface area (Å²) >= 11 is 0. The number of hydrogen-bond donors (Lipinski definition) is 0. The van der Waals surface area contributed by atoms with Crippen molar-refractivity contribution in [2.45, 2.75) is 54.4 Å². The van der Waals surface area contributed by atoms with Gasteiger partial charge >= 0.3 is 0 Å². The van der Waals surface area contributed by atoms with Crippen molar-refractivity contribution >= 4 is 0 Å². The largest absolute Gasteiger partial charge is 0.380 e. The summed E-state index contributed by atoms with van der Waals surface area (Å²) in [5, 5.41) is 0. The Balaban J connectivity index is 2.50. The van der Waals surface area contributed by atoms with Crippen LogP contribution in [0.15, 0.2) is 0 Å². The molecule has 1 nitrogen and oxygen atoms in total. The molecule has 0 bridgehead atoms. The Kier molecular flexibility index (Phi) is 2.13. The first-order valence-corrected chi connectivity index (χ1v) is 6.24. The van der Waals surface area contributed by atoms with Gasteiger partial charge in [-0.2, -0.15) is 0 Å². The molecule has 88 valence electrons. The smallest absolute Gasteiger partial charge is 0.0538 e. The van der Waals surface area contributed by atoms with Crippen LogP contribution in [0.4, 0.5) is 0 Å². The van der Waals surface area contributed by atoms with E-state index in [4.69, 9.17) is 4.74 Å². The average molecular weight is 210 g/mol. The number of ether oxygens (including phenoxy) is 1. The fourth-order valence-corrected chi connectivity index (χ4v) is 4.55. The number of hydrogen-bond acceptors (Lipinski definition) is 1. The Morgan fingerprint density at radius 3 is 1.53 bits per heavy atom. The molecule has 0 aromatic rings. The molecule has 0 radical (unpaired) electrons. The standard InChI is InChI=1S/C14H26O/c1-11(2,3)14(12(4,5)6)10-15-9-13(14)7-8-13/h7-10H2,1-6H3. The molecule has 15 heavy (non-hydrogen) atoms. The van der Waals surface area contributed by atoms with Gasteiger partial charge in [0.1, 0.15) is 0 Å². The Morgan fingerprint density at radius 2 is 1.27 bits per heavy atom. The van der Waals surface area contributed by atoms with Crippen molar-refractivity contribution in [3.05, 3.63) is 0 Å². The van der Waals surface area contributed by atoms with E-state index in [2.05, 4.69) is 41.5 Å². The van der Waals surface area contributed by atoms with Crippen LogP contribution in [0.3, 0.4) is 0 Å². The summed E-state index contributed by atoms with van der Waals surface area (Å²) in [6.07, 6.45) is 2.75. The maximum absolute atomic E-state index is 5.89. The van der Waals surface area contributed by atoms with E-state index in [-0.39, 0.29) is 0 Å². The fraction of sp³-hybridized carbons (Fsp3) is 1.00. The van der Waals surface area contributed by atoms with Crippen molar-refractivity contribution in [3.63, 3.8) is 0 Å².